The Kier molecular flexibility index (Phi) is 4.19. The summed E-state index contributed by atoms with van der Waals surface area (Å²) >= 11 is 0. The van der Waals surface area contributed by atoms with Crippen LogP contribution in [0.1, 0.15) is 12.6 Å². The Hall–Kier alpha value is -3.48. The van der Waals surface area contributed by atoms with Gasteiger partial charge in [-0.05, 0) is 36.2 Å². The molecule has 0 aliphatic carbocycles. The first-order valence-electron chi connectivity index (χ1n) is 8.52. The smallest absolute Gasteiger partial charge is 0.273 e. The number of rotatable bonds is 4. The van der Waals surface area contributed by atoms with Crippen LogP contribution in [-0.4, -0.2) is 26.7 Å². The van der Waals surface area contributed by atoms with Gasteiger partial charge in [-0.25, -0.2) is 18.9 Å². The molecule has 1 N–H and O–H groups in total. The van der Waals surface area contributed by atoms with E-state index in [-0.39, 0.29) is 11.4 Å². The maximum Gasteiger partial charge on any atom is 0.273 e. The zero-order chi connectivity index (χ0) is 19.0. The van der Waals surface area contributed by atoms with E-state index < -0.39 is 0 Å². The SMILES string of the molecule is CCc1[nH]n2c(=O)cc(-c3cccnc3OC)nc2c1-c1ccc(F)cc1. The van der Waals surface area contributed by atoms with Crippen molar-refractivity contribution >= 4 is 5.65 Å². The highest BCUT2D eigenvalue weighted by molar-refractivity contribution is 5.81. The number of nitrogens with one attached hydrogen (secondary N) is 1. The van der Waals surface area contributed by atoms with Gasteiger partial charge in [-0.15, -0.1) is 0 Å². The molecule has 0 aliphatic rings. The summed E-state index contributed by atoms with van der Waals surface area (Å²) in [6, 6.07) is 11.2. The number of pyridine rings is 1. The van der Waals surface area contributed by atoms with E-state index in [1.54, 1.807) is 30.5 Å². The third kappa shape index (κ3) is 2.87. The molecule has 3 aromatic heterocycles. The van der Waals surface area contributed by atoms with E-state index in [1.165, 1.54) is 29.8 Å². The number of fused-ring (bicyclic) bond motifs is 1. The molecule has 0 spiro atoms. The van der Waals surface area contributed by atoms with Crippen molar-refractivity contribution in [1.29, 1.82) is 0 Å². The summed E-state index contributed by atoms with van der Waals surface area (Å²) in [5, 5.41) is 3.10. The highest BCUT2D eigenvalue weighted by Crippen LogP contribution is 2.30. The summed E-state index contributed by atoms with van der Waals surface area (Å²) in [7, 11) is 1.52. The van der Waals surface area contributed by atoms with E-state index >= 15 is 0 Å². The second kappa shape index (κ2) is 6.68. The summed E-state index contributed by atoms with van der Waals surface area (Å²) in [5.41, 5.74) is 3.74. The van der Waals surface area contributed by atoms with Crippen molar-refractivity contribution in [1.82, 2.24) is 19.6 Å². The first-order chi connectivity index (χ1) is 13.1. The average molecular weight is 364 g/mol. The standard InChI is InChI=1S/C20H17FN4O2/c1-3-15-18(12-6-8-13(21)9-7-12)19-23-16(11-17(26)25(19)24-15)14-5-4-10-22-20(14)27-2/h4-11,24H,3H2,1-2H3. The van der Waals surface area contributed by atoms with Crippen LogP contribution in [0.5, 0.6) is 5.88 Å². The molecule has 0 saturated heterocycles. The fourth-order valence-corrected chi connectivity index (χ4v) is 3.15. The van der Waals surface area contributed by atoms with Gasteiger partial charge in [0.15, 0.2) is 5.65 Å². The number of ether oxygens (including phenoxy) is 1. The quantitative estimate of drug-likeness (QED) is 0.602. The van der Waals surface area contributed by atoms with Crippen molar-refractivity contribution in [2.75, 3.05) is 7.11 Å². The Morgan fingerprint density at radius 3 is 2.70 bits per heavy atom. The predicted octanol–water partition coefficient (Wildman–Crippen LogP) is 3.46. The van der Waals surface area contributed by atoms with Crippen molar-refractivity contribution in [3.05, 3.63) is 70.5 Å². The fraction of sp³-hybridized carbons (Fsp3) is 0.150. The van der Waals surface area contributed by atoms with Gasteiger partial charge in [0.05, 0.1) is 18.4 Å². The van der Waals surface area contributed by atoms with Crippen LogP contribution in [0.3, 0.4) is 0 Å². The molecule has 27 heavy (non-hydrogen) atoms. The Morgan fingerprint density at radius 2 is 2.00 bits per heavy atom. The third-order valence-electron chi connectivity index (χ3n) is 4.42. The van der Waals surface area contributed by atoms with Gasteiger partial charge in [0.25, 0.3) is 5.56 Å². The number of hydrogen-bond donors (Lipinski definition) is 1. The second-order valence-corrected chi connectivity index (χ2v) is 6.02. The minimum Gasteiger partial charge on any atom is -0.481 e. The van der Waals surface area contributed by atoms with Gasteiger partial charge in [-0.1, -0.05) is 19.1 Å². The van der Waals surface area contributed by atoms with Crippen LogP contribution in [0.15, 0.2) is 53.5 Å². The lowest BCUT2D eigenvalue weighted by atomic mass is 10.0. The lowest BCUT2D eigenvalue weighted by Gasteiger charge is -2.07. The van der Waals surface area contributed by atoms with Crippen LogP contribution in [0, 0.1) is 5.82 Å². The Morgan fingerprint density at radius 1 is 1.22 bits per heavy atom. The predicted molar refractivity (Wildman–Crippen MR) is 100 cm³/mol. The number of benzene rings is 1. The van der Waals surface area contributed by atoms with Gasteiger partial charge in [-0.3, -0.25) is 9.89 Å². The van der Waals surface area contributed by atoms with Crippen LogP contribution >= 0.6 is 0 Å². The number of hydrogen-bond acceptors (Lipinski definition) is 4. The van der Waals surface area contributed by atoms with Crippen LogP contribution in [-0.2, 0) is 6.42 Å². The number of nitrogens with zero attached hydrogens (tertiary/aromatic N) is 3. The fourth-order valence-electron chi connectivity index (χ4n) is 3.15. The Bertz CT molecular complexity index is 1180. The Balaban J connectivity index is 2.02. The highest BCUT2D eigenvalue weighted by Gasteiger charge is 2.18. The lowest BCUT2D eigenvalue weighted by Crippen LogP contribution is -2.14. The molecular formula is C20H17FN4O2. The van der Waals surface area contributed by atoms with Gasteiger partial charge >= 0.3 is 0 Å². The molecule has 0 aliphatic heterocycles. The summed E-state index contributed by atoms with van der Waals surface area (Å²) in [6.07, 6.45) is 2.28. The van der Waals surface area contributed by atoms with E-state index in [1.807, 2.05) is 6.92 Å². The zero-order valence-electron chi connectivity index (χ0n) is 14.9. The minimum absolute atomic E-state index is 0.246. The van der Waals surface area contributed by atoms with E-state index in [9.17, 15) is 9.18 Å². The van der Waals surface area contributed by atoms with Gasteiger partial charge < -0.3 is 4.74 Å². The molecule has 6 nitrogen and oxygen atoms in total. The minimum atomic E-state index is -0.317. The highest BCUT2D eigenvalue weighted by atomic mass is 19.1. The Labute approximate surface area is 154 Å². The normalized spacial score (nSPS) is 11.1. The molecular weight excluding hydrogens is 347 g/mol. The van der Waals surface area contributed by atoms with Crippen molar-refractivity contribution in [2.45, 2.75) is 13.3 Å². The summed E-state index contributed by atoms with van der Waals surface area (Å²) in [5.74, 6) is 0.0749. The van der Waals surface area contributed by atoms with Crippen LogP contribution < -0.4 is 10.3 Å². The molecule has 136 valence electrons. The summed E-state index contributed by atoms with van der Waals surface area (Å²) in [6.45, 7) is 1.98. The van der Waals surface area contributed by atoms with Crippen molar-refractivity contribution < 1.29 is 9.13 Å². The number of aryl methyl sites for hydroxylation is 1. The van der Waals surface area contributed by atoms with Crippen LogP contribution in [0.2, 0.25) is 0 Å². The zero-order valence-corrected chi connectivity index (χ0v) is 14.9. The topological polar surface area (TPSA) is 72.3 Å². The molecule has 0 radical (unpaired) electrons. The van der Waals surface area contributed by atoms with Gasteiger partial charge in [-0.2, -0.15) is 0 Å². The molecule has 0 saturated carbocycles. The largest absolute Gasteiger partial charge is 0.481 e. The molecule has 0 fully saturated rings. The van der Waals surface area contributed by atoms with Crippen molar-refractivity contribution in [2.24, 2.45) is 0 Å². The molecule has 1 aromatic carbocycles. The third-order valence-corrected chi connectivity index (χ3v) is 4.42. The molecule has 3 heterocycles. The molecule has 4 aromatic rings. The van der Waals surface area contributed by atoms with E-state index in [2.05, 4.69) is 10.1 Å². The maximum atomic E-state index is 13.4. The number of halogens is 1. The van der Waals surface area contributed by atoms with Crippen LogP contribution in [0.25, 0.3) is 28.0 Å². The van der Waals surface area contributed by atoms with Gasteiger partial charge in [0.2, 0.25) is 5.88 Å². The molecule has 0 atom stereocenters. The monoisotopic (exact) mass is 364 g/mol. The first kappa shape index (κ1) is 17.0. The molecule has 4 rings (SSSR count). The van der Waals surface area contributed by atoms with E-state index in [0.717, 1.165) is 16.8 Å². The summed E-state index contributed by atoms with van der Waals surface area (Å²) in [4.78, 5) is 21.6. The molecule has 0 amide bonds. The molecule has 0 unspecified atom stereocenters. The number of methoxy groups -OCH3 is 1. The van der Waals surface area contributed by atoms with Crippen molar-refractivity contribution in [3.8, 4) is 28.3 Å². The maximum absolute atomic E-state index is 13.4. The van der Waals surface area contributed by atoms with E-state index in [4.69, 9.17) is 9.72 Å². The van der Waals surface area contributed by atoms with Crippen molar-refractivity contribution in [3.63, 3.8) is 0 Å². The van der Waals surface area contributed by atoms with Gasteiger partial charge in [0.1, 0.15) is 5.82 Å². The number of H-pyrrole nitrogens is 1. The summed E-state index contributed by atoms with van der Waals surface area (Å²) < 4.78 is 20.1. The first-order valence-corrected chi connectivity index (χ1v) is 8.52. The molecule has 0 bridgehead atoms. The number of aromatic nitrogens is 4. The van der Waals surface area contributed by atoms with Crippen LogP contribution in [0.4, 0.5) is 4.39 Å². The molecule has 7 heteroatoms. The average Bonchev–Trinajstić information content (AvgIpc) is 3.07. The second-order valence-electron chi connectivity index (χ2n) is 6.02. The van der Waals surface area contributed by atoms with E-state index in [0.29, 0.717) is 29.2 Å². The number of aromatic amines is 1. The lowest BCUT2D eigenvalue weighted by molar-refractivity contribution is 0.399. The van der Waals surface area contributed by atoms with Gasteiger partial charge in [0, 0.05) is 23.5 Å².